The van der Waals surface area contributed by atoms with Crippen LogP contribution in [0.3, 0.4) is 0 Å². The third-order valence-corrected chi connectivity index (χ3v) is 4.77. The summed E-state index contributed by atoms with van der Waals surface area (Å²) in [6.45, 7) is 5.00. The summed E-state index contributed by atoms with van der Waals surface area (Å²) in [5.74, 6) is 1.97. The molecule has 5 heteroatoms. The molecule has 0 atom stereocenters. The zero-order valence-corrected chi connectivity index (χ0v) is 16.1. The largest absolute Gasteiger partial charge is 0.494 e. The highest BCUT2D eigenvalue weighted by atomic mass is 32.2. The lowest BCUT2D eigenvalue weighted by Crippen LogP contribution is -2.33. The molecule has 0 radical (unpaired) electrons. The lowest BCUT2D eigenvalue weighted by atomic mass is 10.2. The van der Waals surface area contributed by atoms with Crippen LogP contribution < -0.4 is 9.64 Å². The van der Waals surface area contributed by atoms with Gasteiger partial charge in [0.15, 0.2) is 0 Å². The Balaban J connectivity index is 1.98. The predicted molar refractivity (Wildman–Crippen MR) is 108 cm³/mol. The van der Waals surface area contributed by atoms with E-state index in [1.165, 1.54) is 11.1 Å². The molecular weight excluding hydrogens is 344 g/mol. The highest BCUT2D eigenvalue weighted by molar-refractivity contribution is 7.99. The van der Waals surface area contributed by atoms with Crippen molar-refractivity contribution in [2.45, 2.75) is 26.0 Å². The summed E-state index contributed by atoms with van der Waals surface area (Å²) >= 11 is 1.59. The van der Waals surface area contributed by atoms with E-state index < -0.39 is 0 Å². The number of amides is 1. The van der Waals surface area contributed by atoms with Crippen molar-refractivity contribution in [1.29, 1.82) is 5.26 Å². The van der Waals surface area contributed by atoms with Crippen molar-refractivity contribution in [2.24, 2.45) is 0 Å². The molecule has 2 aromatic carbocycles. The fourth-order valence-corrected chi connectivity index (χ4v) is 3.43. The molecule has 0 fully saturated rings. The molecule has 0 aliphatic carbocycles. The molecule has 0 N–H and O–H groups in total. The fraction of sp³-hybridized carbons (Fsp3) is 0.333. The smallest absolute Gasteiger partial charge is 0.237 e. The third-order valence-electron chi connectivity index (χ3n) is 3.78. The number of aryl methyl sites for hydroxylation is 1. The molecule has 0 saturated carbocycles. The van der Waals surface area contributed by atoms with Gasteiger partial charge in [-0.05, 0) is 43.7 Å². The number of nitriles is 1. The SMILES string of the molecule is CCOc1ccc(N(CCC#N)C(=O)CSCc2cccc(C)c2)cc1. The Morgan fingerprint density at radius 2 is 2.00 bits per heavy atom. The Morgan fingerprint density at radius 1 is 1.23 bits per heavy atom. The summed E-state index contributed by atoms with van der Waals surface area (Å²) in [7, 11) is 0. The molecule has 2 rings (SSSR count). The highest BCUT2D eigenvalue weighted by Crippen LogP contribution is 2.22. The Kier molecular flexibility index (Phi) is 8.04. The van der Waals surface area contributed by atoms with E-state index >= 15 is 0 Å². The quantitative estimate of drug-likeness (QED) is 0.650. The van der Waals surface area contributed by atoms with Crippen molar-refractivity contribution in [3.63, 3.8) is 0 Å². The van der Waals surface area contributed by atoms with E-state index in [1.54, 1.807) is 16.7 Å². The molecule has 26 heavy (non-hydrogen) atoms. The molecule has 0 aromatic heterocycles. The van der Waals surface area contributed by atoms with Crippen molar-refractivity contribution < 1.29 is 9.53 Å². The monoisotopic (exact) mass is 368 g/mol. The summed E-state index contributed by atoms with van der Waals surface area (Å²) in [4.78, 5) is 14.4. The van der Waals surface area contributed by atoms with Gasteiger partial charge in [0.2, 0.25) is 5.91 Å². The number of rotatable bonds is 9. The maximum Gasteiger partial charge on any atom is 0.237 e. The lowest BCUT2D eigenvalue weighted by molar-refractivity contribution is -0.116. The number of anilines is 1. The second-order valence-corrected chi connectivity index (χ2v) is 6.85. The highest BCUT2D eigenvalue weighted by Gasteiger charge is 2.15. The van der Waals surface area contributed by atoms with Crippen LogP contribution in [0.25, 0.3) is 0 Å². The molecule has 2 aromatic rings. The number of carbonyl (C=O) groups excluding carboxylic acids is 1. The first-order chi connectivity index (χ1) is 12.6. The van der Waals surface area contributed by atoms with Gasteiger partial charge >= 0.3 is 0 Å². The number of ether oxygens (including phenoxy) is 1. The van der Waals surface area contributed by atoms with Gasteiger partial charge in [-0.15, -0.1) is 11.8 Å². The van der Waals surface area contributed by atoms with Gasteiger partial charge in [0, 0.05) is 18.0 Å². The molecule has 1 amide bonds. The lowest BCUT2D eigenvalue weighted by Gasteiger charge is -2.22. The Labute approximate surface area is 159 Å². The zero-order valence-electron chi connectivity index (χ0n) is 15.3. The first-order valence-electron chi connectivity index (χ1n) is 8.67. The number of hydrogen-bond acceptors (Lipinski definition) is 4. The molecule has 0 aliphatic rings. The molecule has 136 valence electrons. The summed E-state index contributed by atoms with van der Waals surface area (Å²) in [6.07, 6.45) is 0.307. The van der Waals surface area contributed by atoms with Crippen molar-refractivity contribution in [1.82, 2.24) is 0 Å². The van der Waals surface area contributed by atoms with Crippen LogP contribution in [0.15, 0.2) is 48.5 Å². The van der Waals surface area contributed by atoms with Gasteiger partial charge in [0.05, 0.1) is 24.8 Å². The normalized spacial score (nSPS) is 10.2. The molecule has 0 saturated heterocycles. The van der Waals surface area contributed by atoms with Crippen molar-refractivity contribution in [2.75, 3.05) is 23.8 Å². The Morgan fingerprint density at radius 3 is 2.65 bits per heavy atom. The minimum Gasteiger partial charge on any atom is -0.494 e. The van der Waals surface area contributed by atoms with Crippen molar-refractivity contribution in [3.05, 3.63) is 59.7 Å². The number of carbonyl (C=O) groups is 1. The Hall–Kier alpha value is -2.45. The first kappa shape index (κ1) is 19.9. The first-order valence-corrected chi connectivity index (χ1v) is 9.83. The third kappa shape index (κ3) is 6.12. The average molecular weight is 369 g/mol. The van der Waals surface area contributed by atoms with Crippen molar-refractivity contribution >= 4 is 23.4 Å². The predicted octanol–water partition coefficient (Wildman–Crippen LogP) is 4.57. The van der Waals surface area contributed by atoms with E-state index in [0.717, 1.165) is 17.2 Å². The van der Waals surface area contributed by atoms with E-state index in [1.807, 2.05) is 37.3 Å². The van der Waals surface area contributed by atoms with Crippen LogP contribution in [0.2, 0.25) is 0 Å². The number of benzene rings is 2. The van der Waals surface area contributed by atoms with Crippen LogP contribution in [0.5, 0.6) is 5.75 Å². The second-order valence-electron chi connectivity index (χ2n) is 5.86. The number of thioether (sulfide) groups is 1. The van der Waals surface area contributed by atoms with Crippen LogP contribution in [0.1, 0.15) is 24.5 Å². The Bertz CT molecular complexity index is 753. The molecule has 0 bridgehead atoms. The maximum absolute atomic E-state index is 12.7. The summed E-state index contributed by atoms with van der Waals surface area (Å²) < 4.78 is 5.45. The van der Waals surface area contributed by atoms with Crippen molar-refractivity contribution in [3.8, 4) is 11.8 Å². The van der Waals surface area contributed by atoms with Crippen LogP contribution in [0.4, 0.5) is 5.69 Å². The molecule has 0 unspecified atom stereocenters. The topological polar surface area (TPSA) is 53.3 Å². The minimum atomic E-state index is 0.0158. The molecule has 4 nitrogen and oxygen atoms in total. The van der Waals surface area contributed by atoms with E-state index in [0.29, 0.717) is 25.3 Å². The molecular formula is C21H24N2O2S. The molecule has 0 aliphatic heterocycles. The van der Waals surface area contributed by atoms with Gasteiger partial charge in [-0.3, -0.25) is 4.79 Å². The van der Waals surface area contributed by atoms with E-state index in [2.05, 4.69) is 31.2 Å². The summed E-state index contributed by atoms with van der Waals surface area (Å²) in [5, 5.41) is 8.90. The van der Waals surface area contributed by atoms with Crippen LogP contribution in [0, 0.1) is 18.3 Å². The van der Waals surface area contributed by atoms with Gasteiger partial charge in [0.25, 0.3) is 0 Å². The molecule has 0 spiro atoms. The summed E-state index contributed by atoms with van der Waals surface area (Å²) in [5.41, 5.74) is 3.23. The van der Waals surface area contributed by atoms with Gasteiger partial charge in [-0.1, -0.05) is 29.8 Å². The van der Waals surface area contributed by atoms with Gasteiger partial charge in [-0.2, -0.15) is 5.26 Å². The van der Waals surface area contributed by atoms with Crippen LogP contribution >= 0.6 is 11.8 Å². The fourth-order valence-electron chi connectivity index (χ4n) is 2.58. The standard InChI is InChI=1S/C21H24N2O2S/c1-3-25-20-10-8-19(9-11-20)23(13-5-12-22)21(24)16-26-15-18-7-4-6-17(2)14-18/h4,6-11,14H,3,5,13,15-16H2,1-2H3. The van der Waals surface area contributed by atoms with Crippen LogP contribution in [-0.2, 0) is 10.5 Å². The van der Waals surface area contributed by atoms with Gasteiger partial charge in [0.1, 0.15) is 5.75 Å². The number of nitrogens with zero attached hydrogens (tertiary/aromatic N) is 2. The van der Waals surface area contributed by atoms with Gasteiger partial charge < -0.3 is 9.64 Å². The van der Waals surface area contributed by atoms with E-state index in [-0.39, 0.29) is 5.91 Å². The second kappa shape index (κ2) is 10.5. The van der Waals surface area contributed by atoms with Crippen LogP contribution in [-0.4, -0.2) is 24.8 Å². The average Bonchev–Trinajstić information content (AvgIpc) is 2.64. The zero-order chi connectivity index (χ0) is 18.8. The maximum atomic E-state index is 12.7. The summed E-state index contributed by atoms with van der Waals surface area (Å²) in [6, 6.07) is 17.9. The van der Waals surface area contributed by atoms with E-state index in [9.17, 15) is 4.79 Å². The van der Waals surface area contributed by atoms with E-state index in [4.69, 9.17) is 10.00 Å². The van der Waals surface area contributed by atoms with Gasteiger partial charge in [-0.25, -0.2) is 0 Å². The minimum absolute atomic E-state index is 0.0158. The molecule has 0 heterocycles. The number of hydrogen-bond donors (Lipinski definition) is 0.